The minimum Gasteiger partial charge on any atom is -0.299 e. The topological polar surface area (TPSA) is 36.9 Å². The molecule has 0 N–H and O–H groups in total. The Hall–Kier alpha value is -3.28. The third-order valence-corrected chi connectivity index (χ3v) is 6.89. The Morgan fingerprint density at radius 1 is 0.422 bits per heavy atom. The summed E-state index contributed by atoms with van der Waals surface area (Å²) in [6, 6.07) is 0. The molecule has 0 atom stereocenters. The lowest BCUT2D eigenvalue weighted by Crippen LogP contribution is -2.44. The molecule has 0 bridgehead atoms. The molecule has 0 heterocycles. The summed E-state index contributed by atoms with van der Waals surface area (Å²) in [6.07, 6.45) is 20.6. The fourth-order valence-corrected chi connectivity index (χ4v) is 3.72. The average molecular weight is 617 g/mol. The van der Waals surface area contributed by atoms with E-state index in [1.807, 2.05) is 27.7 Å². The highest BCUT2D eigenvalue weighted by molar-refractivity contribution is 5.15. The van der Waals surface area contributed by atoms with E-state index in [4.69, 9.17) is 18.9 Å². The number of allylic oxidation sites excluding steroid dienone is 12. The average Bonchev–Trinajstić information content (AvgIpc) is 3.03. The first kappa shape index (κ1) is 41.7. The molecule has 4 heteroatoms. The van der Waals surface area contributed by atoms with Gasteiger partial charge in [-0.1, -0.05) is 146 Å². The van der Waals surface area contributed by atoms with Crippen LogP contribution in [0, 0.1) is 0 Å². The Bertz CT molecular complexity index is 956. The summed E-state index contributed by atoms with van der Waals surface area (Å²) < 4.78 is 25.5. The summed E-state index contributed by atoms with van der Waals surface area (Å²) in [5.41, 5.74) is 8.14. The van der Waals surface area contributed by atoms with Crippen LogP contribution in [0.3, 0.4) is 0 Å². The zero-order valence-corrected chi connectivity index (χ0v) is 28.9. The van der Waals surface area contributed by atoms with E-state index in [9.17, 15) is 0 Å². The highest BCUT2D eigenvalue weighted by Gasteiger charge is 2.36. The monoisotopic (exact) mass is 616 g/mol. The van der Waals surface area contributed by atoms with Gasteiger partial charge < -0.3 is 0 Å². The number of hydrogen-bond donors (Lipinski definition) is 0. The molecule has 0 aliphatic carbocycles. The van der Waals surface area contributed by atoms with Gasteiger partial charge in [0.1, 0.15) is 0 Å². The van der Waals surface area contributed by atoms with E-state index in [1.165, 1.54) is 0 Å². The van der Waals surface area contributed by atoms with Crippen molar-refractivity contribution in [1.29, 1.82) is 0 Å². The van der Waals surface area contributed by atoms with E-state index in [0.29, 0.717) is 0 Å². The molecule has 0 aliphatic rings. The van der Waals surface area contributed by atoms with Gasteiger partial charge in [0.25, 0.3) is 0 Å². The Morgan fingerprint density at radius 3 is 0.800 bits per heavy atom. The first-order valence-corrected chi connectivity index (χ1v) is 15.8. The quantitative estimate of drug-likeness (QED) is 0.0498. The summed E-state index contributed by atoms with van der Waals surface area (Å²) in [7, 11) is 0. The Kier molecular flexibility index (Phi) is 23.2. The SMILES string of the molecule is C=CC(=C)CCC=C(C)COC(OCC(C)=CCCC(=C)C=C)(OCC(C)=CCCC(=C)C=C)OCC(C)=CCCC(=C)C=C. The maximum Gasteiger partial charge on any atom is 0.413 e. The second kappa shape index (κ2) is 25.0. The second-order valence-corrected chi connectivity index (χ2v) is 11.5. The standard InChI is InChI=1S/C41H60O4/c1-13-33(5)21-17-25-37(9)29-42-41(43-30-38(10)26-18-22-34(6)14-2,44-31-39(11)27-19-23-35(7)15-3)45-32-40(12)28-20-24-36(8)16-4/h13-16,25-28H,1-8,17-24,29-32H2,9-12H3. The molecule has 0 saturated heterocycles. The van der Waals surface area contributed by atoms with Crippen molar-refractivity contribution in [3.63, 3.8) is 0 Å². The van der Waals surface area contributed by atoms with E-state index < -0.39 is 6.16 Å². The molecule has 0 aliphatic heterocycles. The molecule has 0 aromatic heterocycles. The summed E-state index contributed by atoms with van der Waals surface area (Å²) >= 11 is 0. The Balaban J connectivity index is 6.07. The van der Waals surface area contributed by atoms with Crippen LogP contribution in [0.5, 0.6) is 0 Å². The Labute approximate surface area is 276 Å². The van der Waals surface area contributed by atoms with Gasteiger partial charge in [0.15, 0.2) is 0 Å². The maximum absolute atomic E-state index is 6.37. The molecule has 0 spiro atoms. The van der Waals surface area contributed by atoms with Gasteiger partial charge in [0.05, 0.1) is 26.4 Å². The lowest BCUT2D eigenvalue weighted by atomic mass is 10.1. The van der Waals surface area contributed by atoms with E-state index in [1.54, 1.807) is 24.3 Å². The molecule has 0 rings (SSSR count). The highest BCUT2D eigenvalue weighted by atomic mass is 17.0. The lowest BCUT2D eigenvalue weighted by Gasteiger charge is -2.33. The molecule has 0 saturated carbocycles. The van der Waals surface area contributed by atoms with Crippen molar-refractivity contribution in [3.8, 4) is 0 Å². The van der Waals surface area contributed by atoms with E-state index in [2.05, 4.69) is 76.9 Å². The van der Waals surface area contributed by atoms with Crippen LogP contribution in [0.2, 0.25) is 0 Å². The van der Waals surface area contributed by atoms with Gasteiger partial charge >= 0.3 is 6.16 Å². The van der Waals surface area contributed by atoms with Gasteiger partial charge in [-0.25, -0.2) is 0 Å². The highest BCUT2D eigenvalue weighted by Crippen LogP contribution is 2.24. The first-order chi connectivity index (χ1) is 21.4. The molecule has 0 aromatic rings. The largest absolute Gasteiger partial charge is 0.413 e. The van der Waals surface area contributed by atoms with Gasteiger partial charge in [-0.15, -0.1) is 0 Å². The zero-order valence-electron chi connectivity index (χ0n) is 28.9. The lowest BCUT2D eigenvalue weighted by molar-refractivity contribution is -0.492. The van der Waals surface area contributed by atoms with Crippen LogP contribution in [0.25, 0.3) is 0 Å². The van der Waals surface area contributed by atoms with Crippen molar-refractivity contribution in [3.05, 3.63) is 146 Å². The molecular formula is C41H60O4. The van der Waals surface area contributed by atoms with Gasteiger partial charge in [-0.2, -0.15) is 0 Å². The molecule has 4 nitrogen and oxygen atoms in total. The Morgan fingerprint density at radius 2 is 0.622 bits per heavy atom. The fraction of sp³-hybridized carbons (Fsp3) is 0.415. The van der Waals surface area contributed by atoms with Crippen LogP contribution >= 0.6 is 0 Å². The van der Waals surface area contributed by atoms with Crippen LogP contribution in [0.15, 0.2) is 146 Å². The molecule has 248 valence electrons. The van der Waals surface area contributed by atoms with Crippen molar-refractivity contribution in [1.82, 2.24) is 0 Å². The summed E-state index contributed by atoms with van der Waals surface area (Å²) in [5, 5.41) is 0. The molecule has 45 heavy (non-hydrogen) atoms. The predicted molar refractivity (Wildman–Crippen MR) is 196 cm³/mol. The fourth-order valence-electron chi connectivity index (χ4n) is 3.72. The van der Waals surface area contributed by atoms with E-state index in [0.717, 1.165) is 96.0 Å². The van der Waals surface area contributed by atoms with Crippen molar-refractivity contribution in [2.45, 2.75) is 85.2 Å². The molecule has 0 unspecified atom stereocenters. The second-order valence-electron chi connectivity index (χ2n) is 11.5. The number of hydrogen-bond acceptors (Lipinski definition) is 4. The first-order valence-electron chi connectivity index (χ1n) is 15.8. The van der Waals surface area contributed by atoms with Crippen molar-refractivity contribution in [2.24, 2.45) is 0 Å². The number of ether oxygens (including phenoxy) is 4. The van der Waals surface area contributed by atoms with Crippen LogP contribution in [0.4, 0.5) is 0 Å². The van der Waals surface area contributed by atoms with Crippen molar-refractivity contribution >= 4 is 0 Å². The third kappa shape index (κ3) is 22.0. The summed E-state index contributed by atoms with van der Waals surface area (Å²) in [6.45, 7) is 40.3. The van der Waals surface area contributed by atoms with Gasteiger partial charge in [0, 0.05) is 0 Å². The summed E-state index contributed by atoms with van der Waals surface area (Å²) in [4.78, 5) is 0. The van der Waals surface area contributed by atoms with Gasteiger partial charge in [-0.05, 0) is 79.1 Å². The molecule has 0 radical (unpaired) electrons. The maximum atomic E-state index is 6.37. The summed E-state index contributed by atoms with van der Waals surface area (Å²) in [5.74, 6) is 0. The molecule has 0 fully saturated rings. The zero-order chi connectivity index (χ0) is 34.1. The minimum atomic E-state index is -1.72. The van der Waals surface area contributed by atoms with Crippen LogP contribution in [-0.4, -0.2) is 32.6 Å². The van der Waals surface area contributed by atoms with Gasteiger partial charge in [-0.3, -0.25) is 18.9 Å². The minimum absolute atomic E-state index is 0.270. The number of rotatable bonds is 28. The van der Waals surface area contributed by atoms with E-state index in [-0.39, 0.29) is 26.4 Å². The predicted octanol–water partition coefficient (Wildman–Crippen LogP) is 11.5. The van der Waals surface area contributed by atoms with Crippen LogP contribution in [-0.2, 0) is 18.9 Å². The van der Waals surface area contributed by atoms with Crippen LogP contribution < -0.4 is 0 Å². The van der Waals surface area contributed by atoms with Crippen molar-refractivity contribution < 1.29 is 18.9 Å². The molecule has 0 aromatic carbocycles. The molecule has 0 amide bonds. The normalized spacial score (nSPS) is 14.0. The smallest absolute Gasteiger partial charge is 0.299 e. The van der Waals surface area contributed by atoms with Crippen molar-refractivity contribution in [2.75, 3.05) is 26.4 Å². The van der Waals surface area contributed by atoms with Crippen LogP contribution in [0.1, 0.15) is 79.1 Å². The third-order valence-electron chi connectivity index (χ3n) is 6.89. The molecular weight excluding hydrogens is 556 g/mol. The van der Waals surface area contributed by atoms with E-state index >= 15 is 0 Å². The van der Waals surface area contributed by atoms with Gasteiger partial charge in [0.2, 0.25) is 0 Å².